The lowest BCUT2D eigenvalue weighted by atomic mass is 10.2. The van der Waals surface area contributed by atoms with Crippen LogP contribution in [0.4, 0.5) is 14.5 Å². The van der Waals surface area contributed by atoms with Crippen LogP contribution < -0.4 is 10.0 Å². The third-order valence-electron chi connectivity index (χ3n) is 3.22. The van der Waals surface area contributed by atoms with Crippen LogP contribution in [0.1, 0.15) is 10.4 Å². The molecule has 2 rings (SSSR count). The molecule has 0 spiro atoms. The van der Waals surface area contributed by atoms with E-state index in [1.165, 1.54) is 18.2 Å². The fourth-order valence-corrected chi connectivity index (χ4v) is 3.03. The number of rotatable bonds is 7. The molecule has 0 unspecified atom stereocenters. The Kier molecular flexibility index (Phi) is 6.81. The zero-order valence-corrected chi connectivity index (χ0v) is 15.1. The Morgan fingerprint density at radius 2 is 1.79 bits per heavy atom. The first-order valence-electron chi connectivity index (χ1n) is 7.67. The van der Waals surface area contributed by atoms with Gasteiger partial charge in [-0.3, -0.25) is 4.79 Å². The topological polar surface area (TPSA) is 102 Å². The molecule has 2 aromatic rings. The monoisotopic (exact) mass is 408 g/mol. The number of nitrogens with one attached hydrogen (secondary N) is 2. The summed E-state index contributed by atoms with van der Waals surface area (Å²) in [4.78, 5) is 23.6. The first-order valence-corrected chi connectivity index (χ1v) is 9.16. The molecule has 0 bridgehead atoms. The van der Waals surface area contributed by atoms with Gasteiger partial charge < -0.3 is 10.1 Å². The lowest BCUT2D eigenvalue weighted by Crippen LogP contribution is -2.24. The molecule has 0 aromatic heterocycles. The third kappa shape index (κ3) is 5.87. The number of amides is 1. The van der Waals surface area contributed by atoms with E-state index in [-0.39, 0.29) is 22.7 Å². The number of carbonyl (C=O) groups excluding carboxylic acids is 2. The fraction of sp³-hybridized carbons (Fsp3) is 0.111. The van der Waals surface area contributed by atoms with Crippen molar-refractivity contribution in [3.8, 4) is 12.3 Å². The van der Waals surface area contributed by atoms with Crippen LogP contribution in [-0.2, 0) is 19.6 Å². The first kappa shape index (κ1) is 21.0. The quantitative estimate of drug-likeness (QED) is 0.536. The highest BCUT2D eigenvalue weighted by Gasteiger charge is 2.17. The molecule has 0 fully saturated rings. The molecule has 28 heavy (non-hydrogen) atoms. The van der Waals surface area contributed by atoms with E-state index < -0.39 is 40.1 Å². The maximum Gasteiger partial charge on any atom is 0.338 e. The largest absolute Gasteiger partial charge is 0.452 e. The van der Waals surface area contributed by atoms with Gasteiger partial charge in [-0.2, -0.15) is 4.72 Å². The molecule has 10 heteroatoms. The van der Waals surface area contributed by atoms with Crippen molar-refractivity contribution < 1.29 is 31.5 Å². The minimum absolute atomic E-state index is 0.117. The van der Waals surface area contributed by atoms with Crippen molar-refractivity contribution in [1.29, 1.82) is 0 Å². The van der Waals surface area contributed by atoms with E-state index in [9.17, 15) is 26.8 Å². The normalized spacial score (nSPS) is 10.8. The van der Waals surface area contributed by atoms with E-state index in [4.69, 9.17) is 11.2 Å². The molecule has 146 valence electrons. The highest BCUT2D eigenvalue weighted by atomic mass is 32.2. The number of hydrogen-bond donors (Lipinski definition) is 2. The minimum atomic E-state index is -3.91. The first-order chi connectivity index (χ1) is 13.2. The number of hydrogen-bond acceptors (Lipinski definition) is 5. The highest BCUT2D eigenvalue weighted by molar-refractivity contribution is 7.89. The summed E-state index contributed by atoms with van der Waals surface area (Å²) >= 11 is 0. The Bertz CT molecular complexity index is 1030. The van der Waals surface area contributed by atoms with Gasteiger partial charge in [-0.1, -0.05) is 12.0 Å². The number of anilines is 1. The number of ether oxygens (including phenoxy) is 1. The average molecular weight is 408 g/mol. The van der Waals surface area contributed by atoms with Crippen LogP contribution in [-0.4, -0.2) is 33.4 Å². The van der Waals surface area contributed by atoms with Crippen molar-refractivity contribution in [2.75, 3.05) is 18.5 Å². The highest BCUT2D eigenvalue weighted by Crippen LogP contribution is 2.14. The van der Waals surface area contributed by atoms with Gasteiger partial charge in [0.2, 0.25) is 10.0 Å². The molecular weight excluding hydrogens is 394 g/mol. The second kappa shape index (κ2) is 9.07. The molecule has 2 aromatic carbocycles. The summed E-state index contributed by atoms with van der Waals surface area (Å²) < 4.78 is 57.1. The van der Waals surface area contributed by atoms with Crippen molar-refractivity contribution in [3.63, 3.8) is 0 Å². The van der Waals surface area contributed by atoms with Gasteiger partial charge in [0.1, 0.15) is 11.6 Å². The Hall–Kier alpha value is -3.29. The van der Waals surface area contributed by atoms with Crippen LogP contribution in [0, 0.1) is 24.0 Å². The predicted octanol–water partition coefficient (Wildman–Crippen LogP) is 1.67. The Balaban J connectivity index is 2.00. The second-order valence-corrected chi connectivity index (χ2v) is 7.11. The van der Waals surface area contributed by atoms with Gasteiger partial charge in [0.25, 0.3) is 5.91 Å². The SMILES string of the molecule is C#CCNS(=O)(=O)c1cccc(C(=O)OCC(=O)Nc2cc(F)cc(F)c2)c1. The van der Waals surface area contributed by atoms with Crippen LogP contribution in [0.3, 0.4) is 0 Å². The van der Waals surface area contributed by atoms with Crippen molar-refractivity contribution >= 4 is 27.6 Å². The van der Waals surface area contributed by atoms with E-state index in [1.807, 2.05) is 0 Å². The van der Waals surface area contributed by atoms with Crippen molar-refractivity contribution in [3.05, 3.63) is 59.7 Å². The van der Waals surface area contributed by atoms with Gasteiger partial charge in [0, 0.05) is 11.8 Å². The lowest BCUT2D eigenvalue weighted by Gasteiger charge is -2.08. The average Bonchev–Trinajstić information content (AvgIpc) is 2.63. The molecule has 0 aliphatic heterocycles. The molecule has 0 atom stereocenters. The molecule has 1 amide bonds. The van der Waals surface area contributed by atoms with Crippen LogP contribution in [0.5, 0.6) is 0 Å². The smallest absolute Gasteiger partial charge is 0.338 e. The number of carbonyl (C=O) groups is 2. The summed E-state index contributed by atoms with van der Waals surface area (Å²) in [7, 11) is -3.91. The Morgan fingerprint density at radius 1 is 1.11 bits per heavy atom. The molecule has 0 saturated heterocycles. The zero-order chi connectivity index (χ0) is 20.7. The number of benzene rings is 2. The molecule has 0 heterocycles. The lowest BCUT2D eigenvalue weighted by molar-refractivity contribution is -0.119. The van der Waals surface area contributed by atoms with Gasteiger partial charge in [0.15, 0.2) is 6.61 Å². The van der Waals surface area contributed by atoms with Crippen LogP contribution >= 0.6 is 0 Å². The Labute approximate surface area is 159 Å². The van der Waals surface area contributed by atoms with Gasteiger partial charge in [-0.15, -0.1) is 6.42 Å². The van der Waals surface area contributed by atoms with Gasteiger partial charge >= 0.3 is 5.97 Å². The molecule has 2 N–H and O–H groups in total. The van der Waals surface area contributed by atoms with E-state index in [2.05, 4.69) is 16.0 Å². The third-order valence-corrected chi connectivity index (χ3v) is 4.62. The van der Waals surface area contributed by atoms with Crippen LogP contribution in [0.15, 0.2) is 47.4 Å². The maximum absolute atomic E-state index is 13.1. The van der Waals surface area contributed by atoms with E-state index in [0.717, 1.165) is 18.2 Å². The van der Waals surface area contributed by atoms with Crippen LogP contribution in [0.2, 0.25) is 0 Å². The van der Waals surface area contributed by atoms with Gasteiger partial charge in [-0.05, 0) is 30.3 Å². The number of sulfonamides is 1. The molecular formula is C18H14F2N2O5S. The van der Waals surface area contributed by atoms with Crippen molar-refractivity contribution in [1.82, 2.24) is 4.72 Å². The summed E-state index contributed by atoms with van der Waals surface area (Å²) in [5.41, 5.74) is -0.264. The number of terminal acetylenes is 1. The van der Waals surface area contributed by atoms with Crippen LogP contribution in [0.25, 0.3) is 0 Å². The van der Waals surface area contributed by atoms with Gasteiger partial charge in [-0.25, -0.2) is 22.0 Å². The summed E-state index contributed by atoms with van der Waals surface area (Å²) in [5.74, 6) is -1.45. The maximum atomic E-state index is 13.1. The molecule has 0 aliphatic carbocycles. The predicted molar refractivity (Wildman–Crippen MR) is 95.7 cm³/mol. The van der Waals surface area contributed by atoms with E-state index in [1.54, 1.807) is 0 Å². The summed E-state index contributed by atoms with van der Waals surface area (Å²) in [5, 5.41) is 2.17. The summed E-state index contributed by atoms with van der Waals surface area (Å²) in [6.45, 7) is -0.971. The Morgan fingerprint density at radius 3 is 2.43 bits per heavy atom. The number of halogens is 2. The van der Waals surface area contributed by atoms with E-state index >= 15 is 0 Å². The number of esters is 1. The minimum Gasteiger partial charge on any atom is -0.452 e. The zero-order valence-electron chi connectivity index (χ0n) is 14.2. The summed E-state index contributed by atoms with van der Waals surface area (Å²) in [6.07, 6.45) is 5.00. The molecule has 0 radical (unpaired) electrons. The molecule has 7 nitrogen and oxygen atoms in total. The standard InChI is InChI=1S/C18H14F2N2O5S/c1-2-6-21-28(25,26)16-5-3-4-12(7-16)18(24)27-11-17(23)22-15-9-13(19)8-14(20)10-15/h1,3-5,7-10,21H,6,11H2,(H,22,23). The van der Waals surface area contributed by atoms with E-state index in [0.29, 0.717) is 6.07 Å². The van der Waals surface area contributed by atoms with Crippen molar-refractivity contribution in [2.45, 2.75) is 4.90 Å². The van der Waals surface area contributed by atoms with Crippen molar-refractivity contribution in [2.24, 2.45) is 0 Å². The second-order valence-electron chi connectivity index (χ2n) is 5.34. The summed E-state index contributed by atoms with van der Waals surface area (Å²) in [6, 6.07) is 7.33. The molecule has 0 aliphatic rings. The van der Waals surface area contributed by atoms with Gasteiger partial charge in [0.05, 0.1) is 17.0 Å². The fourth-order valence-electron chi connectivity index (χ4n) is 2.05. The molecule has 0 saturated carbocycles.